The normalized spacial score (nSPS) is 11.8. The quantitative estimate of drug-likeness (QED) is 0.796. The molecule has 0 saturated carbocycles. The van der Waals surface area contributed by atoms with Gasteiger partial charge in [-0.15, -0.1) is 0 Å². The Kier molecular flexibility index (Phi) is 4.65. The zero-order chi connectivity index (χ0) is 11.1. The molecular formula is C12H16N2O. The Bertz CT molecular complexity index is 344. The molecule has 1 aromatic rings. The van der Waals surface area contributed by atoms with Crippen molar-refractivity contribution < 1.29 is 4.74 Å². The van der Waals surface area contributed by atoms with Gasteiger partial charge in [-0.2, -0.15) is 5.26 Å². The van der Waals surface area contributed by atoms with Crippen molar-refractivity contribution in [2.75, 3.05) is 6.61 Å². The summed E-state index contributed by atoms with van der Waals surface area (Å²) in [5.41, 5.74) is 7.01. The average Bonchev–Trinajstić information content (AvgIpc) is 2.26. The van der Waals surface area contributed by atoms with Gasteiger partial charge in [0.15, 0.2) is 6.61 Å². The molecule has 3 heteroatoms. The topological polar surface area (TPSA) is 59.0 Å². The Balaban J connectivity index is 2.62. The summed E-state index contributed by atoms with van der Waals surface area (Å²) in [5, 5.41) is 8.39. The highest BCUT2D eigenvalue weighted by atomic mass is 16.5. The standard InChI is InChI=1S/C12H16N2O/c1-2-11(14)8-10-4-3-5-12(9-10)15-7-6-13/h3-5,9,11H,2,7-8,14H2,1H3. The summed E-state index contributed by atoms with van der Waals surface area (Å²) in [7, 11) is 0. The van der Waals surface area contributed by atoms with E-state index in [0.717, 1.165) is 24.2 Å². The van der Waals surface area contributed by atoms with Crippen molar-refractivity contribution in [3.63, 3.8) is 0 Å². The molecule has 0 aromatic heterocycles. The van der Waals surface area contributed by atoms with E-state index in [-0.39, 0.29) is 12.6 Å². The molecular weight excluding hydrogens is 188 g/mol. The van der Waals surface area contributed by atoms with Crippen LogP contribution in [0.1, 0.15) is 18.9 Å². The van der Waals surface area contributed by atoms with Crippen molar-refractivity contribution in [3.8, 4) is 11.8 Å². The maximum absolute atomic E-state index is 8.39. The zero-order valence-corrected chi connectivity index (χ0v) is 8.94. The van der Waals surface area contributed by atoms with Gasteiger partial charge in [0.2, 0.25) is 0 Å². The third kappa shape index (κ3) is 4.01. The fraction of sp³-hybridized carbons (Fsp3) is 0.417. The molecule has 0 saturated heterocycles. The predicted octanol–water partition coefficient (Wildman–Crippen LogP) is 1.87. The molecule has 1 rings (SSSR count). The molecule has 15 heavy (non-hydrogen) atoms. The van der Waals surface area contributed by atoms with Gasteiger partial charge in [-0.1, -0.05) is 19.1 Å². The number of benzene rings is 1. The number of nitrogens with zero attached hydrogens (tertiary/aromatic N) is 1. The van der Waals surface area contributed by atoms with Crippen molar-refractivity contribution in [1.29, 1.82) is 5.26 Å². The second-order valence-electron chi connectivity index (χ2n) is 3.47. The lowest BCUT2D eigenvalue weighted by atomic mass is 10.0. The van der Waals surface area contributed by atoms with Gasteiger partial charge in [0, 0.05) is 6.04 Å². The molecule has 80 valence electrons. The van der Waals surface area contributed by atoms with Crippen LogP contribution in [-0.2, 0) is 6.42 Å². The highest BCUT2D eigenvalue weighted by molar-refractivity contribution is 5.29. The third-order valence-corrected chi connectivity index (χ3v) is 2.22. The largest absolute Gasteiger partial charge is 0.479 e. The summed E-state index contributed by atoms with van der Waals surface area (Å²) >= 11 is 0. The van der Waals surface area contributed by atoms with E-state index in [2.05, 4.69) is 6.92 Å². The smallest absolute Gasteiger partial charge is 0.174 e. The minimum atomic E-state index is 0.0866. The van der Waals surface area contributed by atoms with Gasteiger partial charge in [-0.05, 0) is 30.5 Å². The number of hydrogen-bond acceptors (Lipinski definition) is 3. The maximum atomic E-state index is 8.39. The minimum absolute atomic E-state index is 0.0866. The number of rotatable bonds is 5. The van der Waals surface area contributed by atoms with Crippen molar-refractivity contribution >= 4 is 0 Å². The fourth-order valence-electron chi connectivity index (χ4n) is 1.32. The van der Waals surface area contributed by atoms with Gasteiger partial charge in [-0.3, -0.25) is 0 Å². The van der Waals surface area contributed by atoms with E-state index in [1.54, 1.807) is 0 Å². The number of ether oxygens (including phenoxy) is 1. The van der Waals surface area contributed by atoms with Crippen LogP contribution in [0.3, 0.4) is 0 Å². The first kappa shape index (κ1) is 11.5. The van der Waals surface area contributed by atoms with E-state index >= 15 is 0 Å². The summed E-state index contributed by atoms with van der Waals surface area (Å²) < 4.78 is 5.21. The van der Waals surface area contributed by atoms with Crippen molar-refractivity contribution in [1.82, 2.24) is 0 Å². The first-order valence-electron chi connectivity index (χ1n) is 5.10. The first-order chi connectivity index (χ1) is 7.26. The molecule has 0 aliphatic carbocycles. The predicted molar refractivity (Wildman–Crippen MR) is 59.5 cm³/mol. The van der Waals surface area contributed by atoms with Crippen LogP contribution in [0.15, 0.2) is 24.3 Å². The molecule has 0 bridgehead atoms. The van der Waals surface area contributed by atoms with Gasteiger partial charge in [0.25, 0.3) is 0 Å². The van der Waals surface area contributed by atoms with Crippen molar-refractivity contribution in [2.45, 2.75) is 25.8 Å². The van der Waals surface area contributed by atoms with E-state index in [9.17, 15) is 0 Å². The monoisotopic (exact) mass is 204 g/mol. The summed E-state index contributed by atoms with van der Waals surface area (Å²) in [6.07, 6.45) is 1.81. The molecule has 2 N–H and O–H groups in total. The van der Waals surface area contributed by atoms with Crippen LogP contribution in [0.5, 0.6) is 5.75 Å². The van der Waals surface area contributed by atoms with E-state index in [1.165, 1.54) is 0 Å². The van der Waals surface area contributed by atoms with Crippen LogP contribution in [0.4, 0.5) is 0 Å². The average molecular weight is 204 g/mol. The van der Waals surface area contributed by atoms with E-state index in [1.807, 2.05) is 30.3 Å². The van der Waals surface area contributed by atoms with Crippen LogP contribution in [0.2, 0.25) is 0 Å². The third-order valence-electron chi connectivity index (χ3n) is 2.22. The summed E-state index contributed by atoms with van der Waals surface area (Å²) in [5.74, 6) is 0.734. The number of nitriles is 1. The lowest BCUT2D eigenvalue weighted by molar-refractivity contribution is 0.367. The van der Waals surface area contributed by atoms with Crippen LogP contribution in [0, 0.1) is 11.3 Å². The Morgan fingerprint density at radius 3 is 3.00 bits per heavy atom. The van der Waals surface area contributed by atoms with Crippen molar-refractivity contribution in [3.05, 3.63) is 29.8 Å². The van der Waals surface area contributed by atoms with Crippen LogP contribution in [-0.4, -0.2) is 12.6 Å². The second kappa shape index (κ2) is 6.05. The summed E-state index contributed by atoms with van der Waals surface area (Å²) in [6, 6.07) is 9.86. The van der Waals surface area contributed by atoms with Crippen LogP contribution >= 0.6 is 0 Å². The van der Waals surface area contributed by atoms with Gasteiger partial charge in [0.05, 0.1) is 0 Å². The van der Waals surface area contributed by atoms with Crippen molar-refractivity contribution in [2.24, 2.45) is 5.73 Å². The number of nitrogens with two attached hydrogens (primary N) is 1. The number of hydrogen-bond donors (Lipinski definition) is 1. The molecule has 1 unspecified atom stereocenters. The lowest BCUT2D eigenvalue weighted by Gasteiger charge is -2.09. The molecule has 0 amide bonds. The van der Waals surface area contributed by atoms with E-state index in [0.29, 0.717) is 0 Å². The van der Waals surface area contributed by atoms with Gasteiger partial charge >= 0.3 is 0 Å². The van der Waals surface area contributed by atoms with E-state index < -0.39 is 0 Å². The summed E-state index contributed by atoms with van der Waals surface area (Å²) in [6.45, 7) is 2.16. The van der Waals surface area contributed by atoms with Gasteiger partial charge in [0.1, 0.15) is 11.8 Å². The minimum Gasteiger partial charge on any atom is -0.479 e. The maximum Gasteiger partial charge on any atom is 0.174 e. The second-order valence-corrected chi connectivity index (χ2v) is 3.47. The van der Waals surface area contributed by atoms with Gasteiger partial charge < -0.3 is 10.5 Å². The Labute approximate surface area is 90.5 Å². The molecule has 0 fully saturated rings. The van der Waals surface area contributed by atoms with Crippen LogP contribution < -0.4 is 10.5 Å². The molecule has 0 spiro atoms. The zero-order valence-electron chi connectivity index (χ0n) is 8.94. The highest BCUT2D eigenvalue weighted by Gasteiger charge is 2.02. The molecule has 3 nitrogen and oxygen atoms in total. The molecule has 0 aliphatic rings. The molecule has 1 atom stereocenters. The summed E-state index contributed by atoms with van der Waals surface area (Å²) in [4.78, 5) is 0. The first-order valence-corrected chi connectivity index (χ1v) is 5.10. The Morgan fingerprint density at radius 1 is 1.53 bits per heavy atom. The SMILES string of the molecule is CCC(N)Cc1cccc(OCC#N)c1. The molecule has 0 heterocycles. The molecule has 0 radical (unpaired) electrons. The fourth-order valence-corrected chi connectivity index (χ4v) is 1.32. The van der Waals surface area contributed by atoms with Crippen LogP contribution in [0.25, 0.3) is 0 Å². The molecule has 1 aromatic carbocycles. The van der Waals surface area contributed by atoms with E-state index in [4.69, 9.17) is 15.7 Å². The molecule has 0 aliphatic heterocycles. The lowest BCUT2D eigenvalue weighted by Crippen LogP contribution is -2.21. The van der Waals surface area contributed by atoms with Gasteiger partial charge in [-0.25, -0.2) is 0 Å². The highest BCUT2D eigenvalue weighted by Crippen LogP contribution is 2.14. The Morgan fingerprint density at radius 2 is 2.33 bits per heavy atom. The Hall–Kier alpha value is -1.53.